The van der Waals surface area contributed by atoms with Crippen LogP contribution >= 0.6 is 0 Å². The first kappa shape index (κ1) is 59.3. The van der Waals surface area contributed by atoms with E-state index in [2.05, 4.69) is 19.1 Å². The number of carbonyl (C=O) groups excluding carboxylic acids is 8. The number of ether oxygens (including phenoxy) is 4. The molecule has 1 saturated heterocycles. The molecule has 1 aliphatic rings. The lowest BCUT2D eigenvalue weighted by Gasteiger charge is -2.35. The molecule has 1 heterocycles. The number of benzene rings is 2. The number of esters is 4. The number of carbonyl (C=O) groups is 8. The average Bonchev–Trinajstić information content (AvgIpc) is 3.29. The SMILES string of the molecule is CCN1C(=O)[C@@H](C)OC(=O)[C@H](CC(C)C)N(C)C(=O)COC(=O)[C@H](CC(C)C)N(C)C(=O)[C@@H](C)OC(=O)[C@H](CC(C)C)N(C)C(=O)[C@@H](Cc2ccccc2)OC(=O)[C@@H]1CC(C)C.Cc1ccccc1. The fourth-order valence-corrected chi connectivity index (χ4v) is 7.83. The van der Waals surface area contributed by atoms with Gasteiger partial charge in [-0.1, -0.05) is 122 Å². The zero-order valence-corrected chi connectivity index (χ0v) is 43.8. The van der Waals surface area contributed by atoms with Gasteiger partial charge >= 0.3 is 23.9 Å². The van der Waals surface area contributed by atoms with Gasteiger partial charge < -0.3 is 38.5 Å². The van der Waals surface area contributed by atoms with Gasteiger partial charge in [0.2, 0.25) is 0 Å². The summed E-state index contributed by atoms with van der Waals surface area (Å²) >= 11 is 0. The molecule has 69 heavy (non-hydrogen) atoms. The van der Waals surface area contributed by atoms with Crippen LogP contribution in [0.4, 0.5) is 0 Å². The molecule has 0 saturated carbocycles. The monoisotopic (exact) mass is 965 g/mol. The number of hydrogen-bond acceptors (Lipinski definition) is 12. The molecule has 2 aromatic carbocycles. The van der Waals surface area contributed by atoms with Crippen molar-refractivity contribution in [1.82, 2.24) is 19.6 Å². The van der Waals surface area contributed by atoms with E-state index in [1.807, 2.05) is 73.6 Å². The Morgan fingerprint density at radius 1 is 0.507 bits per heavy atom. The number of nitrogens with zero attached hydrogens (tertiary/aromatic N) is 4. The van der Waals surface area contributed by atoms with Gasteiger partial charge in [0, 0.05) is 34.1 Å². The minimum Gasteiger partial charge on any atom is -0.454 e. The third-order valence-corrected chi connectivity index (χ3v) is 11.7. The van der Waals surface area contributed by atoms with Gasteiger partial charge in [-0.25, -0.2) is 19.2 Å². The first-order valence-corrected chi connectivity index (χ1v) is 24.2. The Kier molecular flexibility index (Phi) is 24.6. The number of cyclic esters (lactones) is 4. The topological polar surface area (TPSA) is 186 Å². The lowest BCUT2D eigenvalue weighted by molar-refractivity contribution is -0.175. The second-order valence-electron chi connectivity index (χ2n) is 19.6. The van der Waals surface area contributed by atoms with Crippen LogP contribution in [0.1, 0.15) is 113 Å². The lowest BCUT2D eigenvalue weighted by atomic mass is 10.00. The quantitative estimate of drug-likeness (QED) is 0.178. The maximum absolute atomic E-state index is 14.6. The normalized spacial score (nSPS) is 23.7. The van der Waals surface area contributed by atoms with Gasteiger partial charge in [-0.2, -0.15) is 0 Å². The third kappa shape index (κ3) is 18.9. The van der Waals surface area contributed by atoms with Gasteiger partial charge in [0.15, 0.2) is 24.9 Å². The van der Waals surface area contributed by atoms with E-state index in [0.29, 0.717) is 5.56 Å². The Bertz CT molecular complexity index is 1990. The van der Waals surface area contributed by atoms with Crippen molar-refractivity contribution in [3.05, 3.63) is 71.8 Å². The smallest absolute Gasteiger partial charge is 0.329 e. The maximum Gasteiger partial charge on any atom is 0.329 e. The van der Waals surface area contributed by atoms with E-state index in [-0.39, 0.29) is 62.3 Å². The Morgan fingerprint density at radius 2 is 0.899 bits per heavy atom. The Morgan fingerprint density at radius 3 is 1.33 bits per heavy atom. The van der Waals surface area contributed by atoms with Crippen LogP contribution in [0.2, 0.25) is 0 Å². The fraction of sp³-hybridized carbons (Fsp3) is 0.623. The number of rotatable bonds is 11. The molecule has 0 aromatic heterocycles. The van der Waals surface area contributed by atoms with Crippen molar-refractivity contribution < 1.29 is 57.3 Å². The van der Waals surface area contributed by atoms with E-state index in [0.717, 1.165) is 14.7 Å². The number of likely N-dealkylation sites (N-methyl/N-ethyl adjacent to an activating group) is 4. The van der Waals surface area contributed by atoms with Crippen molar-refractivity contribution in [3.63, 3.8) is 0 Å². The Labute approximate surface area is 410 Å². The fourth-order valence-electron chi connectivity index (χ4n) is 7.83. The number of amides is 4. The maximum atomic E-state index is 14.6. The van der Waals surface area contributed by atoms with Crippen LogP contribution in [0.3, 0.4) is 0 Å². The first-order valence-electron chi connectivity index (χ1n) is 24.2. The van der Waals surface area contributed by atoms with E-state index >= 15 is 0 Å². The molecule has 3 rings (SSSR count). The molecule has 0 bridgehead atoms. The van der Waals surface area contributed by atoms with Crippen molar-refractivity contribution in [2.24, 2.45) is 23.7 Å². The second kappa shape index (κ2) is 28.6. The molecule has 7 atom stereocenters. The molecule has 0 unspecified atom stereocenters. The Balaban J connectivity index is 0.00000213. The van der Waals surface area contributed by atoms with E-state index in [4.69, 9.17) is 18.9 Å². The van der Waals surface area contributed by atoms with Crippen molar-refractivity contribution in [3.8, 4) is 0 Å². The summed E-state index contributed by atoms with van der Waals surface area (Å²) in [6.07, 6.45) is -3.81. The molecular formula is C53H80N4O12. The van der Waals surface area contributed by atoms with Gasteiger partial charge in [0.1, 0.15) is 24.2 Å². The van der Waals surface area contributed by atoms with Crippen molar-refractivity contribution in [1.29, 1.82) is 0 Å². The summed E-state index contributed by atoms with van der Waals surface area (Å²) < 4.78 is 23.0. The van der Waals surface area contributed by atoms with Crippen LogP contribution in [0.5, 0.6) is 0 Å². The molecule has 4 amide bonds. The molecule has 2 aromatic rings. The summed E-state index contributed by atoms with van der Waals surface area (Å²) in [4.78, 5) is 117. The molecule has 1 aliphatic heterocycles. The molecule has 0 spiro atoms. The van der Waals surface area contributed by atoms with Gasteiger partial charge in [-0.3, -0.25) is 19.2 Å². The Hall–Kier alpha value is -5.80. The highest BCUT2D eigenvalue weighted by molar-refractivity contribution is 5.94. The molecule has 0 N–H and O–H groups in total. The van der Waals surface area contributed by atoms with Gasteiger partial charge in [0.05, 0.1) is 0 Å². The van der Waals surface area contributed by atoms with E-state index in [9.17, 15) is 38.4 Å². The molecule has 1 fully saturated rings. The predicted molar refractivity (Wildman–Crippen MR) is 262 cm³/mol. The number of aryl methyl sites for hydroxylation is 1. The van der Waals surface area contributed by atoms with E-state index in [1.165, 1.54) is 45.5 Å². The summed E-state index contributed by atoms with van der Waals surface area (Å²) in [6, 6.07) is 14.3. The van der Waals surface area contributed by atoms with E-state index in [1.54, 1.807) is 37.3 Å². The molecular weight excluding hydrogens is 885 g/mol. The summed E-state index contributed by atoms with van der Waals surface area (Å²) in [7, 11) is 4.13. The third-order valence-electron chi connectivity index (χ3n) is 11.7. The van der Waals surface area contributed by atoms with Crippen molar-refractivity contribution in [2.45, 2.75) is 158 Å². The zero-order valence-electron chi connectivity index (χ0n) is 43.8. The molecule has 0 aliphatic carbocycles. The van der Waals surface area contributed by atoms with Crippen LogP contribution in [0.25, 0.3) is 0 Å². The van der Waals surface area contributed by atoms with Gasteiger partial charge in [-0.05, 0) is 82.6 Å². The lowest BCUT2D eigenvalue weighted by Crippen LogP contribution is -2.54. The van der Waals surface area contributed by atoms with Crippen molar-refractivity contribution >= 4 is 47.5 Å². The average molecular weight is 965 g/mol. The predicted octanol–water partition coefficient (Wildman–Crippen LogP) is 6.44. The summed E-state index contributed by atoms with van der Waals surface area (Å²) in [6.45, 7) is 20.5. The highest BCUT2D eigenvalue weighted by atomic mass is 16.6. The summed E-state index contributed by atoms with van der Waals surface area (Å²) in [5, 5.41) is 0. The van der Waals surface area contributed by atoms with Crippen LogP contribution in [0.15, 0.2) is 60.7 Å². The summed E-state index contributed by atoms with van der Waals surface area (Å²) in [5.41, 5.74) is 1.98. The highest BCUT2D eigenvalue weighted by Gasteiger charge is 2.42. The first-order chi connectivity index (χ1) is 32.3. The molecule has 0 radical (unpaired) electrons. The standard InChI is InChI=1S/C46H72N4O12.C7H8/c1-15-50-37(24-30(8)9)46(58)62-38(25-33-19-17-16-18-20-33)42(54)49(14)36(23-29(6)7)45(57)60-31(10)40(52)48(13)34(21-27(2)3)43(55)59-26-39(51)47(12)35(22-28(4)5)44(56)61-32(11)41(50)53;1-7-5-3-2-4-6-7/h16-20,27-32,34-38H,15,21-26H2,1-14H3;2-6H,1H3/t31-,32-,34+,35+,36+,37+,38-;/m1./s1. The minimum atomic E-state index is -1.46. The zero-order chi connectivity index (χ0) is 52.3. The minimum absolute atomic E-state index is 0.00971. The van der Waals surface area contributed by atoms with Crippen molar-refractivity contribution in [2.75, 3.05) is 34.3 Å². The van der Waals surface area contributed by atoms with Crippen LogP contribution < -0.4 is 0 Å². The summed E-state index contributed by atoms with van der Waals surface area (Å²) in [5.74, 6) is -6.90. The van der Waals surface area contributed by atoms with Crippen LogP contribution in [-0.2, 0) is 63.7 Å². The molecule has 16 heteroatoms. The van der Waals surface area contributed by atoms with Crippen LogP contribution in [-0.4, -0.2) is 144 Å². The van der Waals surface area contributed by atoms with E-state index < -0.39 is 96.6 Å². The largest absolute Gasteiger partial charge is 0.454 e. The van der Waals surface area contributed by atoms with Gasteiger partial charge in [-0.15, -0.1) is 0 Å². The number of hydrogen-bond donors (Lipinski definition) is 0. The molecule has 384 valence electrons. The second-order valence-corrected chi connectivity index (χ2v) is 19.6. The van der Waals surface area contributed by atoms with Crippen LogP contribution in [0, 0.1) is 30.6 Å². The highest BCUT2D eigenvalue weighted by Crippen LogP contribution is 2.23. The molecule has 16 nitrogen and oxygen atoms in total. The van der Waals surface area contributed by atoms with Gasteiger partial charge in [0.25, 0.3) is 23.6 Å².